The highest BCUT2D eigenvalue weighted by Gasteiger charge is 2.39. The van der Waals surface area contributed by atoms with Gasteiger partial charge in [-0.1, -0.05) is 41.9 Å². The van der Waals surface area contributed by atoms with Crippen molar-refractivity contribution in [2.75, 3.05) is 6.54 Å². The fraction of sp³-hybridized carbons (Fsp3) is 0.455. The molecular formula is C22H26BrN3O4. The van der Waals surface area contributed by atoms with E-state index in [1.807, 2.05) is 30.9 Å². The molecule has 2 atom stereocenters. The van der Waals surface area contributed by atoms with Crippen LogP contribution in [0.3, 0.4) is 0 Å². The highest BCUT2D eigenvalue weighted by atomic mass is 79.9. The van der Waals surface area contributed by atoms with Gasteiger partial charge in [0.15, 0.2) is 6.10 Å². The molecule has 1 aromatic heterocycles. The van der Waals surface area contributed by atoms with Gasteiger partial charge < -0.3 is 25.1 Å². The number of hydrogen-bond acceptors (Lipinski definition) is 4. The summed E-state index contributed by atoms with van der Waals surface area (Å²) in [7, 11) is 0. The summed E-state index contributed by atoms with van der Waals surface area (Å²) in [6.07, 6.45) is -0.0716. The molecule has 1 fully saturated rings. The first-order valence-corrected chi connectivity index (χ1v) is 11.0. The zero-order valence-electron chi connectivity index (χ0n) is 17.1. The van der Waals surface area contributed by atoms with Gasteiger partial charge in [-0.05, 0) is 36.5 Å². The summed E-state index contributed by atoms with van der Waals surface area (Å²) in [5.41, 5.74) is 10.6. The minimum atomic E-state index is -0.926. The summed E-state index contributed by atoms with van der Waals surface area (Å²) in [4.78, 5) is 30.0. The lowest BCUT2D eigenvalue weighted by Gasteiger charge is -2.30. The van der Waals surface area contributed by atoms with Gasteiger partial charge >= 0.3 is 6.09 Å². The van der Waals surface area contributed by atoms with Crippen LogP contribution in [-0.4, -0.2) is 34.5 Å². The SMILES string of the molecule is CC(C)[C@H](OC(N)=O)C(=O)N1CCC[C@H]1c1[nH]c(-c2ccc(Br)cc2)c2c1COC2. The third-order valence-corrected chi connectivity index (χ3v) is 6.37. The monoisotopic (exact) mass is 475 g/mol. The van der Waals surface area contributed by atoms with Crippen LogP contribution in [0.4, 0.5) is 4.79 Å². The van der Waals surface area contributed by atoms with Crippen molar-refractivity contribution in [2.45, 2.75) is 52.0 Å². The number of H-pyrrole nitrogens is 1. The molecule has 1 saturated heterocycles. The average molecular weight is 476 g/mol. The van der Waals surface area contributed by atoms with Gasteiger partial charge in [0.05, 0.1) is 24.9 Å². The molecule has 8 heteroatoms. The van der Waals surface area contributed by atoms with Crippen molar-refractivity contribution in [3.63, 3.8) is 0 Å². The number of rotatable bonds is 5. The number of aromatic nitrogens is 1. The van der Waals surface area contributed by atoms with Crippen molar-refractivity contribution < 1.29 is 19.1 Å². The van der Waals surface area contributed by atoms with Crippen LogP contribution in [0, 0.1) is 5.92 Å². The third-order valence-electron chi connectivity index (χ3n) is 5.84. The second kappa shape index (κ2) is 8.43. The van der Waals surface area contributed by atoms with E-state index in [1.165, 1.54) is 0 Å². The van der Waals surface area contributed by atoms with Gasteiger partial charge in [-0.15, -0.1) is 0 Å². The van der Waals surface area contributed by atoms with Gasteiger partial charge in [0.25, 0.3) is 5.91 Å². The van der Waals surface area contributed by atoms with Gasteiger partial charge in [-0.25, -0.2) is 4.79 Å². The number of likely N-dealkylation sites (tertiary alicyclic amines) is 1. The fourth-order valence-electron chi connectivity index (χ4n) is 4.42. The summed E-state index contributed by atoms with van der Waals surface area (Å²) in [6.45, 7) is 5.40. The Balaban J connectivity index is 1.68. The van der Waals surface area contributed by atoms with Crippen LogP contribution in [0.2, 0.25) is 0 Å². The molecule has 160 valence electrons. The fourth-order valence-corrected chi connectivity index (χ4v) is 4.68. The number of primary amides is 1. The molecule has 0 unspecified atom stereocenters. The number of nitrogens with two attached hydrogens (primary N) is 1. The van der Waals surface area contributed by atoms with Crippen molar-refractivity contribution in [2.24, 2.45) is 11.7 Å². The number of halogens is 1. The number of fused-ring (bicyclic) bond motifs is 1. The van der Waals surface area contributed by atoms with Crippen LogP contribution in [0.25, 0.3) is 11.3 Å². The molecule has 7 nitrogen and oxygen atoms in total. The number of amides is 2. The minimum absolute atomic E-state index is 0.102. The normalized spacial score (nSPS) is 19.2. The Hall–Kier alpha value is -2.32. The number of benzene rings is 1. The zero-order valence-corrected chi connectivity index (χ0v) is 18.7. The number of carbonyl (C=O) groups excluding carboxylic acids is 2. The molecule has 0 radical (unpaired) electrons. The van der Waals surface area contributed by atoms with E-state index < -0.39 is 12.2 Å². The van der Waals surface area contributed by atoms with E-state index in [-0.39, 0.29) is 17.9 Å². The first-order chi connectivity index (χ1) is 14.4. The zero-order chi connectivity index (χ0) is 21.4. The van der Waals surface area contributed by atoms with Gasteiger partial charge in [-0.3, -0.25) is 4.79 Å². The van der Waals surface area contributed by atoms with Gasteiger partial charge in [0.1, 0.15) is 0 Å². The molecule has 2 aromatic rings. The lowest BCUT2D eigenvalue weighted by molar-refractivity contribution is -0.143. The van der Waals surface area contributed by atoms with Gasteiger partial charge in [0, 0.05) is 27.8 Å². The van der Waals surface area contributed by atoms with Crippen molar-refractivity contribution in [3.05, 3.63) is 45.6 Å². The van der Waals surface area contributed by atoms with Crippen molar-refractivity contribution in [1.82, 2.24) is 9.88 Å². The second-order valence-corrected chi connectivity index (χ2v) is 9.08. The lowest BCUT2D eigenvalue weighted by atomic mass is 10.0. The predicted octanol–water partition coefficient (Wildman–Crippen LogP) is 4.26. The first-order valence-electron chi connectivity index (χ1n) is 10.2. The second-order valence-electron chi connectivity index (χ2n) is 8.16. The van der Waals surface area contributed by atoms with E-state index in [2.05, 4.69) is 33.0 Å². The van der Waals surface area contributed by atoms with Crippen LogP contribution in [0.1, 0.15) is 49.6 Å². The van der Waals surface area contributed by atoms with E-state index in [0.29, 0.717) is 19.8 Å². The van der Waals surface area contributed by atoms with Crippen molar-refractivity contribution in [3.8, 4) is 11.3 Å². The molecule has 0 bridgehead atoms. The van der Waals surface area contributed by atoms with Crippen LogP contribution in [0.15, 0.2) is 28.7 Å². The first kappa shape index (κ1) is 20.9. The standard InChI is InChI=1S/C22H26BrN3O4/c1-12(2)20(30-22(24)28)21(27)26-9-3-4-17(26)19-16-11-29-10-15(16)18(25-19)13-5-7-14(23)8-6-13/h5-8,12,17,20,25H,3-4,9-11H2,1-2H3,(H2,24,28)/t17-,20-/m0/s1. The maximum atomic E-state index is 13.3. The van der Waals surface area contributed by atoms with E-state index >= 15 is 0 Å². The van der Waals surface area contributed by atoms with Crippen LogP contribution in [-0.2, 0) is 27.5 Å². The maximum absolute atomic E-state index is 13.3. The lowest BCUT2D eigenvalue weighted by Crippen LogP contribution is -2.44. The number of carbonyl (C=O) groups is 2. The Kier molecular flexibility index (Phi) is 5.88. The van der Waals surface area contributed by atoms with E-state index in [9.17, 15) is 9.59 Å². The number of ether oxygens (including phenoxy) is 2. The molecule has 30 heavy (non-hydrogen) atoms. The summed E-state index contributed by atoms with van der Waals surface area (Å²) in [6, 6.07) is 8.04. The highest BCUT2D eigenvalue weighted by molar-refractivity contribution is 9.10. The summed E-state index contributed by atoms with van der Waals surface area (Å²) < 4.78 is 11.9. The molecule has 0 spiro atoms. The van der Waals surface area contributed by atoms with Gasteiger partial charge in [0.2, 0.25) is 0 Å². The highest BCUT2D eigenvalue weighted by Crippen LogP contribution is 2.41. The van der Waals surface area contributed by atoms with E-state index in [0.717, 1.165) is 45.4 Å². The van der Waals surface area contributed by atoms with Gasteiger partial charge in [-0.2, -0.15) is 0 Å². The van der Waals surface area contributed by atoms with E-state index in [4.69, 9.17) is 15.2 Å². The summed E-state index contributed by atoms with van der Waals surface area (Å²) >= 11 is 3.48. The Bertz CT molecular complexity index is 954. The van der Waals surface area contributed by atoms with Crippen molar-refractivity contribution in [1.29, 1.82) is 0 Å². The smallest absolute Gasteiger partial charge is 0.405 e. The molecule has 1 aromatic carbocycles. The molecule has 4 rings (SSSR count). The topological polar surface area (TPSA) is 97.6 Å². The van der Waals surface area contributed by atoms with E-state index in [1.54, 1.807) is 0 Å². The maximum Gasteiger partial charge on any atom is 0.405 e. The van der Waals surface area contributed by atoms with Crippen LogP contribution in [0.5, 0.6) is 0 Å². The molecule has 3 heterocycles. The molecule has 2 amide bonds. The predicted molar refractivity (Wildman–Crippen MR) is 115 cm³/mol. The van der Waals surface area contributed by atoms with Crippen LogP contribution >= 0.6 is 15.9 Å². The number of nitrogens with one attached hydrogen (secondary N) is 1. The molecular weight excluding hydrogens is 450 g/mol. The Morgan fingerprint density at radius 1 is 1.23 bits per heavy atom. The minimum Gasteiger partial charge on any atom is -0.436 e. The molecule has 2 aliphatic rings. The molecule has 3 N–H and O–H groups in total. The Morgan fingerprint density at radius 3 is 2.60 bits per heavy atom. The summed E-state index contributed by atoms with van der Waals surface area (Å²) in [5, 5.41) is 0. The largest absolute Gasteiger partial charge is 0.436 e. The average Bonchev–Trinajstić information content (AvgIpc) is 3.42. The molecule has 0 aliphatic carbocycles. The number of nitrogens with zero attached hydrogens (tertiary/aromatic N) is 1. The van der Waals surface area contributed by atoms with Crippen LogP contribution < -0.4 is 5.73 Å². The quantitative estimate of drug-likeness (QED) is 0.674. The number of aromatic amines is 1. The number of hydrogen-bond donors (Lipinski definition) is 2. The summed E-state index contributed by atoms with van der Waals surface area (Å²) in [5.74, 6) is -0.360. The third kappa shape index (κ3) is 3.86. The Labute approximate surface area is 184 Å². The molecule has 2 aliphatic heterocycles. The Morgan fingerprint density at radius 2 is 1.93 bits per heavy atom. The van der Waals surface area contributed by atoms with Crippen molar-refractivity contribution >= 4 is 27.9 Å². The molecule has 0 saturated carbocycles.